The Labute approximate surface area is 244 Å². The van der Waals surface area contributed by atoms with Crippen molar-refractivity contribution in [3.8, 4) is 11.5 Å². The van der Waals surface area contributed by atoms with Crippen LogP contribution in [0.15, 0.2) is 24.0 Å². The topological polar surface area (TPSA) is 158 Å². The maximum Gasteiger partial charge on any atom is 0.329 e. The molecule has 1 spiro atoms. The van der Waals surface area contributed by atoms with Gasteiger partial charge in [-0.25, -0.2) is 4.79 Å². The summed E-state index contributed by atoms with van der Waals surface area (Å²) >= 11 is 0. The van der Waals surface area contributed by atoms with Crippen LogP contribution < -0.4 is 10.1 Å². The van der Waals surface area contributed by atoms with Crippen LogP contribution in [0.1, 0.15) is 71.4 Å². The second-order valence-electron chi connectivity index (χ2n) is 12.5. The van der Waals surface area contributed by atoms with Crippen molar-refractivity contribution in [3.63, 3.8) is 0 Å². The number of hydrogen-bond donors (Lipinski definition) is 3. The summed E-state index contributed by atoms with van der Waals surface area (Å²) in [4.78, 5) is 50.1. The first-order valence-electron chi connectivity index (χ1n) is 14.6. The average molecular weight is 586 g/mol. The first-order valence-corrected chi connectivity index (χ1v) is 14.6. The summed E-state index contributed by atoms with van der Waals surface area (Å²) in [5.74, 6) is -2.40. The van der Waals surface area contributed by atoms with Crippen LogP contribution in [0.2, 0.25) is 0 Å². The first-order chi connectivity index (χ1) is 19.8. The van der Waals surface area contributed by atoms with Crippen molar-refractivity contribution < 1.29 is 48.3 Å². The van der Waals surface area contributed by atoms with Crippen LogP contribution in [-0.2, 0) is 45.2 Å². The summed E-state index contributed by atoms with van der Waals surface area (Å²) in [7, 11) is 0. The fraction of sp³-hybridized carbons (Fsp3) is 0.613. The van der Waals surface area contributed by atoms with Gasteiger partial charge in [-0.05, 0) is 68.1 Å². The van der Waals surface area contributed by atoms with Crippen molar-refractivity contribution in [2.75, 3.05) is 6.61 Å². The molecule has 1 heterocycles. The molecular formula is C31H39NO10. The number of carbonyl (C=O) groups excluding carboxylic acids is 4. The van der Waals surface area contributed by atoms with Gasteiger partial charge in [0, 0.05) is 12.5 Å². The number of rotatable bonds is 9. The highest BCUT2D eigenvalue weighted by atomic mass is 16.6. The fourth-order valence-corrected chi connectivity index (χ4v) is 7.29. The van der Waals surface area contributed by atoms with Gasteiger partial charge in [0.05, 0.1) is 24.0 Å². The number of amides is 1. The van der Waals surface area contributed by atoms with Gasteiger partial charge >= 0.3 is 17.9 Å². The fourth-order valence-electron chi connectivity index (χ4n) is 7.29. The Kier molecular flexibility index (Phi) is 7.76. The normalized spacial score (nSPS) is 29.8. The van der Waals surface area contributed by atoms with E-state index in [0.717, 1.165) is 24.5 Å². The summed E-state index contributed by atoms with van der Waals surface area (Å²) in [6.07, 6.45) is 1.35. The van der Waals surface area contributed by atoms with Crippen molar-refractivity contribution in [2.24, 2.45) is 17.8 Å². The van der Waals surface area contributed by atoms with E-state index in [1.54, 1.807) is 12.1 Å². The van der Waals surface area contributed by atoms with Crippen LogP contribution in [-0.4, -0.2) is 64.5 Å². The van der Waals surface area contributed by atoms with Gasteiger partial charge < -0.3 is 34.5 Å². The summed E-state index contributed by atoms with van der Waals surface area (Å²) < 4.78 is 22.3. The van der Waals surface area contributed by atoms with Gasteiger partial charge in [0.15, 0.2) is 23.7 Å². The molecule has 3 N–H and O–H groups in total. The lowest BCUT2D eigenvalue weighted by molar-refractivity contribution is -0.171. The summed E-state index contributed by atoms with van der Waals surface area (Å²) in [6, 6.07) is 2.08. The third-order valence-electron chi connectivity index (χ3n) is 9.21. The van der Waals surface area contributed by atoms with Crippen molar-refractivity contribution in [1.29, 1.82) is 0 Å². The molecule has 0 radical (unpaired) electrons. The Hall–Kier alpha value is -3.60. The lowest BCUT2D eigenvalue weighted by Gasteiger charge is -2.61. The molecule has 0 aromatic heterocycles. The highest BCUT2D eigenvalue weighted by molar-refractivity contribution is 5.90. The highest BCUT2D eigenvalue weighted by Crippen LogP contribution is 2.68. The van der Waals surface area contributed by atoms with Crippen molar-refractivity contribution in [2.45, 2.75) is 96.0 Å². The minimum absolute atomic E-state index is 0.0163. The van der Waals surface area contributed by atoms with Gasteiger partial charge in [-0.3, -0.25) is 14.4 Å². The van der Waals surface area contributed by atoms with Gasteiger partial charge in [0.25, 0.3) is 5.91 Å². The number of esters is 3. The Morgan fingerprint density at radius 3 is 2.62 bits per heavy atom. The molecule has 1 amide bonds. The van der Waals surface area contributed by atoms with E-state index >= 15 is 0 Å². The molecule has 2 bridgehead atoms. The van der Waals surface area contributed by atoms with E-state index in [2.05, 4.69) is 12.2 Å². The summed E-state index contributed by atoms with van der Waals surface area (Å²) in [5.41, 5.74) is -0.265. The molecular weight excluding hydrogens is 546 g/mol. The molecule has 1 unspecified atom stereocenters. The zero-order valence-corrected chi connectivity index (χ0v) is 24.6. The number of aliphatic hydroxyl groups is 1. The van der Waals surface area contributed by atoms with Gasteiger partial charge in [0.1, 0.15) is 11.8 Å². The van der Waals surface area contributed by atoms with Crippen LogP contribution in [0.3, 0.4) is 0 Å². The number of benzene rings is 1. The lowest BCUT2D eigenvalue weighted by Crippen LogP contribution is -2.69. The summed E-state index contributed by atoms with van der Waals surface area (Å²) in [5, 5.41) is 25.4. The predicted octanol–water partition coefficient (Wildman–Crippen LogP) is 2.58. The van der Waals surface area contributed by atoms with Crippen molar-refractivity contribution >= 4 is 23.8 Å². The molecule has 7 atom stereocenters. The quantitative estimate of drug-likeness (QED) is 0.291. The SMILES string of the molecule is CC(=O)O[C@@H](C)C(=O)N[C@@H](CC(=O)OC1=CC[C@@]2(O)[C@H]3Cc4ccc(O)c5c4[C@@]2(CCC3C)[C@H]1O5)C(=O)OCC(C)C. The zero-order chi connectivity index (χ0) is 30.6. The average Bonchev–Trinajstić information content (AvgIpc) is 3.27. The minimum Gasteiger partial charge on any atom is -0.504 e. The van der Waals surface area contributed by atoms with Gasteiger partial charge in [-0.15, -0.1) is 0 Å². The molecule has 1 aromatic carbocycles. The van der Waals surface area contributed by atoms with Crippen LogP contribution in [0.4, 0.5) is 0 Å². The number of hydrogen-bond acceptors (Lipinski definition) is 10. The molecule has 42 heavy (non-hydrogen) atoms. The van der Waals surface area contributed by atoms with Crippen LogP contribution >= 0.6 is 0 Å². The first kappa shape index (κ1) is 29.9. The van der Waals surface area contributed by atoms with E-state index in [0.29, 0.717) is 18.6 Å². The molecule has 1 aliphatic heterocycles. The summed E-state index contributed by atoms with van der Waals surface area (Å²) in [6.45, 7) is 8.41. The number of phenols is 1. The zero-order valence-electron chi connectivity index (χ0n) is 24.6. The largest absolute Gasteiger partial charge is 0.504 e. The lowest BCUT2D eigenvalue weighted by atomic mass is 9.45. The number of aromatic hydroxyl groups is 1. The molecule has 3 aliphatic carbocycles. The Morgan fingerprint density at radius 1 is 1.19 bits per heavy atom. The third-order valence-corrected chi connectivity index (χ3v) is 9.21. The van der Waals surface area contributed by atoms with E-state index in [4.69, 9.17) is 18.9 Å². The van der Waals surface area contributed by atoms with E-state index in [1.165, 1.54) is 6.92 Å². The van der Waals surface area contributed by atoms with Crippen LogP contribution in [0, 0.1) is 17.8 Å². The molecule has 1 aromatic rings. The second kappa shape index (κ2) is 10.9. The van der Waals surface area contributed by atoms with E-state index in [-0.39, 0.29) is 42.3 Å². The van der Waals surface area contributed by atoms with E-state index in [9.17, 15) is 29.4 Å². The molecule has 228 valence electrons. The molecule has 0 saturated heterocycles. The molecule has 5 rings (SSSR count). The smallest absolute Gasteiger partial charge is 0.329 e. The maximum absolute atomic E-state index is 13.3. The monoisotopic (exact) mass is 585 g/mol. The Balaban J connectivity index is 1.39. The second-order valence-corrected chi connectivity index (χ2v) is 12.5. The number of phenolic OH excluding ortho intramolecular Hbond substituents is 1. The molecule has 1 saturated carbocycles. The molecule has 11 heteroatoms. The predicted molar refractivity (Wildman–Crippen MR) is 147 cm³/mol. The Morgan fingerprint density at radius 2 is 1.93 bits per heavy atom. The van der Waals surface area contributed by atoms with Crippen molar-refractivity contribution in [3.05, 3.63) is 35.1 Å². The maximum atomic E-state index is 13.3. The Bertz CT molecular complexity index is 1340. The number of nitrogens with one attached hydrogen (secondary N) is 1. The molecule has 1 fully saturated rings. The van der Waals surface area contributed by atoms with Gasteiger partial charge in [-0.2, -0.15) is 0 Å². The third kappa shape index (κ3) is 4.81. The van der Waals surface area contributed by atoms with E-state index < -0.39 is 59.5 Å². The highest BCUT2D eigenvalue weighted by Gasteiger charge is 2.72. The van der Waals surface area contributed by atoms with Crippen LogP contribution in [0.5, 0.6) is 11.5 Å². The number of ether oxygens (including phenoxy) is 4. The molecule has 11 nitrogen and oxygen atoms in total. The van der Waals surface area contributed by atoms with Crippen LogP contribution in [0.25, 0.3) is 0 Å². The van der Waals surface area contributed by atoms with Gasteiger partial charge in [-0.1, -0.05) is 26.8 Å². The minimum atomic E-state index is -1.40. The number of carbonyl (C=O) groups is 4. The van der Waals surface area contributed by atoms with Gasteiger partial charge in [0.2, 0.25) is 0 Å². The van der Waals surface area contributed by atoms with E-state index in [1.807, 2.05) is 19.9 Å². The molecule has 4 aliphatic rings. The van der Waals surface area contributed by atoms with Crippen molar-refractivity contribution in [1.82, 2.24) is 5.32 Å². The standard InChI is InChI=1S/C31H39NO10/c1-15(2)14-39-29(37)21(32-28(36)17(4)40-18(5)33)13-24(35)41-23-9-11-31(38)20-12-19-6-7-22(34)26-25(19)30(31,27(23)42-26)10-8-16(20)3/h6-7,9,15-17,20-21,27,34,38H,8,10-14H2,1-5H3,(H,32,36)/t16?,17-,20-,21-,27-,30-,31+/m0/s1.